The first-order chi connectivity index (χ1) is 55.9. The molecule has 138 heavy (non-hydrogen) atoms. The molecular weight excluding hydrogens is 2390 g/mol. The molecule has 4 aliphatic rings. The van der Waals surface area contributed by atoms with Gasteiger partial charge in [-0.3, -0.25) is 68.2 Å². The number of thioether (sulfide) groups is 2. The van der Waals surface area contributed by atoms with E-state index in [1.54, 1.807) is 0 Å². The number of nitrogens with one attached hydrogen (secondary N) is 2. The fraction of sp³-hybridized carbons (Fsp3) is 0.667. The van der Waals surface area contributed by atoms with Crippen molar-refractivity contribution in [3.8, 4) is 0 Å². The summed E-state index contributed by atoms with van der Waals surface area (Å²) in [6, 6.07) is 7.76. The van der Waals surface area contributed by atoms with E-state index in [1.807, 2.05) is 0 Å². The predicted molar refractivity (Wildman–Crippen MR) is 353 cm³/mol. The minimum atomic E-state index is -6.61. The van der Waals surface area contributed by atoms with E-state index in [0.717, 1.165) is 48.5 Å². The number of amides is 2. The molecule has 2 aromatic carbocycles. The third kappa shape index (κ3) is 66.4. The van der Waals surface area contributed by atoms with Crippen LogP contribution < -0.4 is 424 Å². The number of anilines is 2. The Morgan fingerprint density at radius 2 is 0.428 bits per heavy atom. The Kier molecular flexibility index (Phi) is 83.7. The Labute approximate surface area is 1100 Å². The van der Waals surface area contributed by atoms with Gasteiger partial charge in [-0.15, -0.1) is 0 Å². The second-order valence-electron chi connectivity index (χ2n) is 23.4. The monoisotopic (exact) mass is 2440 g/mol. The van der Waals surface area contributed by atoms with E-state index < -0.39 is 318 Å². The van der Waals surface area contributed by atoms with Gasteiger partial charge in [-0.2, -0.15) is 0 Å². The smallest absolute Gasteiger partial charge is 0.726 e. The van der Waals surface area contributed by atoms with E-state index in [-0.39, 0.29) is 471 Å². The van der Waals surface area contributed by atoms with E-state index in [0.29, 0.717) is 0 Å². The molecule has 0 spiro atoms. The van der Waals surface area contributed by atoms with Crippen molar-refractivity contribution in [1.82, 2.24) is 0 Å². The standard InChI is InChI=1S/C42H60N2O64S16.14Na/c45-25(43-17-5-9-19(10-6-17)109-41-37(107-123(83,84)85)31(101-117(65,66)67)27(21(95-41)13-89-111(47,48)49)97-39-35(105-121(77,78)79)33(103-119(71,72)73)29(99-115(59,60)61)23(93-39)15-91-113(53,54)55)3-1-2-4-26(46)44-18-7-11-20(12-8-18)110-42-38(108-124(86,87)88)32(102-118(68,69)70)28(22(96-42)14-90-112(50,51)52)98-40-36(106-122(80,81)82)34(104-120(74,75)76)30(100-116(62,63)64)24(94-40)16-92-114(56,57)58;;;;;;;;;;;;;;/h5-12,21-24,27-42H,1-4,13-16H2,(H,43,45)(H,44,46)(H,47,48,49)(H,50,51,52)(H,53,54,55)(H,56,57,58)(H,59,60,61)(H,62,63,64)(H,65,66,67)(H,68,69,70)(H,71,72,73)(H,74,75,76)(H,77,78,79)(H,80,81,82)(H,83,84,85)(H,86,87,88);;;;;;;;;;;;;;/q;14*+1/p-14/t21-,22-,23-,24-,27-,28-,29-,30-,31+,32+,33+,34+,35-,36-,37-,38-,39-,40-,41+,42+;;;;;;;;;;;;;;/m1............../s1. The summed E-state index contributed by atoms with van der Waals surface area (Å²) in [5.74, 6) is -1.71. The number of ether oxygens (including phenoxy) is 6. The van der Waals surface area contributed by atoms with Crippen LogP contribution in [0.3, 0.4) is 0 Å². The Balaban J connectivity index is -0.00000170. The van der Waals surface area contributed by atoms with Gasteiger partial charge in [0.15, 0.2) is 24.8 Å². The van der Waals surface area contributed by atoms with Gasteiger partial charge >= 0.3 is 414 Å². The maximum Gasteiger partial charge on any atom is 1.00 e. The topological polar surface area (TPSA) is 1040 Å². The van der Waals surface area contributed by atoms with E-state index in [9.17, 15) is 191 Å². The van der Waals surface area contributed by atoms with Crippen LogP contribution in [0.4, 0.5) is 11.4 Å². The van der Waals surface area contributed by atoms with E-state index >= 15 is 0 Å². The van der Waals surface area contributed by atoms with Crippen LogP contribution in [-0.4, -0.2) is 341 Å². The molecule has 4 fully saturated rings. The van der Waals surface area contributed by atoms with Crippen LogP contribution in [0.1, 0.15) is 25.7 Å². The second-order valence-corrected chi connectivity index (χ2v) is 40.1. The first-order valence-electron chi connectivity index (χ1n) is 30.8. The number of hydrogen-bond acceptors (Lipinski definition) is 66. The molecule has 4 heterocycles. The van der Waals surface area contributed by atoms with Gasteiger partial charge < -0.3 is 103 Å². The largest absolute Gasteiger partial charge is 1.00 e. The molecule has 0 saturated carbocycles. The van der Waals surface area contributed by atoms with Crippen molar-refractivity contribution in [2.24, 2.45) is 0 Å². The summed E-state index contributed by atoms with van der Waals surface area (Å²) in [4.78, 5) is 25.5. The van der Waals surface area contributed by atoms with E-state index in [2.05, 4.69) is 69.2 Å². The van der Waals surface area contributed by atoms with Gasteiger partial charge in [-0.1, -0.05) is 23.5 Å². The van der Waals surface area contributed by atoms with Crippen molar-refractivity contribution in [3.63, 3.8) is 0 Å². The quantitative estimate of drug-likeness (QED) is 0.0269. The molecule has 0 unspecified atom stereocenters. The molecule has 96 heteroatoms. The van der Waals surface area contributed by atoms with Crippen molar-refractivity contribution in [3.05, 3.63) is 48.5 Å². The second kappa shape index (κ2) is 69.7. The van der Waals surface area contributed by atoms with Crippen LogP contribution in [0, 0.1) is 0 Å². The van der Waals surface area contributed by atoms with Gasteiger partial charge in [0.05, 0.1) is 26.4 Å². The number of carbonyl (C=O) groups is 2. The first-order valence-corrected chi connectivity index (χ1v) is 51.2. The van der Waals surface area contributed by atoms with Crippen molar-refractivity contribution in [1.29, 1.82) is 0 Å². The predicted octanol–water partition coefficient (Wildman–Crippen LogP) is -53.9. The molecule has 0 radical (unpaired) electrons. The zero-order chi connectivity index (χ0) is 94.3. The zero-order valence-corrected chi connectivity index (χ0v) is 114. The van der Waals surface area contributed by atoms with Crippen LogP contribution in [0.5, 0.6) is 0 Å². The summed E-state index contributed by atoms with van der Waals surface area (Å²) in [5.41, 5.74) is -5.44. The molecule has 0 bridgehead atoms. The maximum absolute atomic E-state index is 13.1. The van der Waals surface area contributed by atoms with Gasteiger partial charge in [0.2, 0.25) is 157 Å². The SMILES string of the molecule is O=C(CCCCC(=O)Nc1ccc(S[C@@H]2O[C@H](COS(=O)(=O)[O-])[C@@H](O[C@H]3O[C@H](COS(=O)(=O)[O-])[C@@H](OS(=O)(=O)[O-])[C@H](OS(=O)(=O)[O-])[C@H]3OS(=O)(=O)[O-])[C@H](OS(=O)(=O)[O-])[C@H]2OS(=O)(=O)[O-])cc1)Nc1ccc(S[C@@H]2O[C@H](COS(=O)(=O)[O-])[C@@H](O[C@H]3O[C@H](COS(=O)(=O)[O-])[C@@H](OS(=O)(=O)[O-])[C@H](OS(=O)(=O)[O-])[C@H]3OS(=O)(=O)[O-])[C@H](OS(=O)(=O)[O-])[C@H]2OS(=O)(=O)[O-])cc1.[Na+].[Na+].[Na+].[Na+].[Na+].[Na+].[Na+].[Na+].[Na+].[Na+].[Na+].[Na+].[Na+].[Na+]. The van der Waals surface area contributed by atoms with Crippen LogP contribution in [0.25, 0.3) is 0 Å². The molecule has 2 amide bonds. The van der Waals surface area contributed by atoms with Crippen LogP contribution >= 0.6 is 23.5 Å². The van der Waals surface area contributed by atoms with Gasteiger partial charge in [0, 0.05) is 34.0 Å². The molecular formula is C42H46N2Na14O64S16. The third-order valence-corrected chi connectivity index (χ3v) is 23.2. The van der Waals surface area contributed by atoms with Crippen LogP contribution in [-0.2, 0) is 242 Å². The van der Waals surface area contributed by atoms with Crippen LogP contribution in [0.2, 0.25) is 0 Å². The maximum atomic E-state index is 13.1. The molecule has 2 N–H and O–H groups in total. The fourth-order valence-electron chi connectivity index (χ4n) is 10.7. The van der Waals surface area contributed by atoms with Crippen LogP contribution in [0.15, 0.2) is 58.3 Å². The summed E-state index contributed by atoms with van der Waals surface area (Å²) in [6.07, 6.45) is -60.8. The minimum absolute atomic E-state index is 0. The van der Waals surface area contributed by atoms with Crippen molar-refractivity contribution in [2.75, 3.05) is 37.1 Å². The van der Waals surface area contributed by atoms with Crippen molar-refractivity contribution in [2.45, 2.75) is 157 Å². The average Bonchev–Trinajstić information content (AvgIpc) is 0.755. The Hall–Kier alpha value is 10.0. The van der Waals surface area contributed by atoms with Crippen molar-refractivity contribution < 1.29 is 692 Å². The van der Waals surface area contributed by atoms with Gasteiger partial charge in [0.25, 0.3) is 0 Å². The molecule has 2 aromatic rings. The molecule has 4 aliphatic heterocycles. The van der Waals surface area contributed by atoms with Gasteiger partial charge in [0.1, 0.15) is 96.3 Å². The number of benzene rings is 2. The molecule has 66 nitrogen and oxygen atoms in total. The summed E-state index contributed by atoms with van der Waals surface area (Å²) in [5, 5.41) is 4.70. The average molecular weight is 2440 g/mol. The summed E-state index contributed by atoms with van der Waals surface area (Å²) < 4.78 is 592. The molecule has 4 saturated heterocycles. The summed E-state index contributed by atoms with van der Waals surface area (Å²) >= 11 is 0.0482. The molecule has 6 rings (SSSR count). The molecule has 718 valence electrons. The third-order valence-electron chi connectivity index (χ3n) is 14.6. The summed E-state index contributed by atoms with van der Waals surface area (Å²) in [7, 11) is -89.7. The van der Waals surface area contributed by atoms with Crippen molar-refractivity contribution >= 4 is 192 Å². The normalized spacial score (nSPS) is 25.6. The molecule has 0 aromatic heterocycles. The fourth-order valence-corrected chi connectivity index (χ4v) is 19.1. The Morgan fingerprint density at radius 3 is 0.630 bits per heavy atom. The number of unbranched alkanes of at least 4 members (excludes halogenated alkanes) is 1. The molecule has 20 atom stereocenters. The van der Waals surface area contributed by atoms with Gasteiger partial charge in [-0.25, -0.2) is 118 Å². The first kappa shape index (κ1) is 166. The number of hydrogen-bond donors (Lipinski definition) is 2. The van der Waals surface area contributed by atoms with Gasteiger partial charge in [-0.05, 0) is 61.4 Å². The van der Waals surface area contributed by atoms with E-state index in [1.165, 1.54) is 0 Å². The Bertz CT molecular complexity index is 5520. The van der Waals surface area contributed by atoms with E-state index in [4.69, 9.17) is 28.4 Å². The number of rotatable bonds is 47. The zero-order valence-electron chi connectivity index (χ0n) is 72.5. The molecule has 0 aliphatic carbocycles. The number of carbonyl (C=O) groups excluding carboxylic acids is 2. The summed E-state index contributed by atoms with van der Waals surface area (Å²) in [6.45, 7) is -8.20. The minimum Gasteiger partial charge on any atom is -0.726 e. The Morgan fingerprint density at radius 1 is 0.246 bits per heavy atom.